The number of nitrogens with zero attached hydrogens (tertiary/aromatic N) is 1. The quantitative estimate of drug-likeness (QED) is 0.716. The van der Waals surface area contributed by atoms with Gasteiger partial charge in [-0.2, -0.15) is 0 Å². The summed E-state index contributed by atoms with van der Waals surface area (Å²) in [5, 5.41) is 3.08. The van der Waals surface area contributed by atoms with Crippen molar-refractivity contribution in [1.29, 1.82) is 0 Å². The van der Waals surface area contributed by atoms with Crippen molar-refractivity contribution in [1.82, 2.24) is 10.2 Å². The molecule has 2 aliphatic rings. The fourth-order valence-electron chi connectivity index (χ4n) is 3.50. The summed E-state index contributed by atoms with van der Waals surface area (Å²) in [7, 11) is 0. The van der Waals surface area contributed by atoms with E-state index in [-0.39, 0.29) is 43.4 Å². The second-order valence-electron chi connectivity index (χ2n) is 6.81. The highest BCUT2D eigenvalue weighted by atomic mass is 35.5. The van der Waals surface area contributed by atoms with Gasteiger partial charge in [0.1, 0.15) is 6.61 Å². The first-order valence-corrected chi connectivity index (χ1v) is 8.53. The number of amides is 2. The monoisotopic (exact) mass is 367 g/mol. The van der Waals surface area contributed by atoms with Crippen LogP contribution in [0.15, 0.2) is 30.3 Å². The molecule has 7 heteroatoms. The van der Waals surface area contributed by atoms with Gasteiger partial charge in [0.2, 0.25) is 11.8 Å². The van der Waals surface area contributed by atoms with Crippen molar-refractivity contribution in [2.45, 2.75) is 25.5 Å². The number of hydrogen-bond donors (Lipinski definition) is 2. The van der Waals surface area contributed by atoms with E-state index >= 15 is 0 Å². The smallest absolute Gasteiger partial charge is 0.246 e. The van der Waals surface area contributed by atoms with Crippen LogP contribution in [0, 0.1) is 11.8 Å². The van der Waals surface area contributed by atoms with Crippen molar-refractivity contribution in [3.8, 4) is 0 Å². The zero-order chi connectivity index (χ0) is 16.9. The molecule has 0 radical (unpaired) electrons. The number of benzene rings is 1. The fraction of sp³-hybridized carbons (Fsp3) is 0.556. The fourth-order valence-corrected chi connectivity index (χ4v) is 3.50. The molecule has 2 atom stereocenters. The highest BCUT2D eigenvalue weighted by Gasteiger charge is 2.43. The topological polar surface area (TPSA) is 84.7 Å². The molecule has 1 aliphatic carbocycles. The number of hydrogen-bond acceptors (Lipinski definition) is 4. The molecule has 2 amide bonds. The van der Waals surface area contributed by atoms with Gasteiger partial charge < -0.3 is 15.8 Å². The molecule has 1 heterocycles. The third kappa shape index (κ3) is 5.99. The Bertz CT molecular complexity index is 580. The van der Waals surface area contributed by atoms with Gasteiger partial charge in [-0.3, -0.25) is 14.5 Å². The Morgan fingerprint density at radius 3 is 2.56 bits per heavy atom. The van der Waals surface area contributed by atoms with Gasteiger partial charge in [0.25, 0.3) is 0 Å². The number of halogens is 1. The molecular formula is C18H26ClN3O3. The first kappa shape index (κ1) is 19.7. The lowest BCUT2D eigenvalue weighted by Gasteiger charge is -2.19. The van der Waals surface area contributed by atoms with Crippen LogP contribution >= 0.6 is 12.4 Å². The Balaban J connectivity index is 0.00000225. The molecule has 0 unspecified atom stereocenters. The SMILES string of the molecule is Cl.NC(=O)CN1C[C@H](NC(=O)COCc2ccccc2)[C@@H](C2CC2)C1. The van der Waals surface area contributed by atoms with E-state index in [1.807, 2.05) is 35.2 Å². The van der Waals surface area contributed by atoms with Gasteiger partial charge in [-0.05, 0) is 30.2 Å². The van der Waals surface area contributed by atoms with Gasteiger partial charge >= 0.3 is 0 Å². The average molecular weight is 368 g/mol. The molecule has 138 valence electrons. The summed E-state index contributed by atoms with van der Waals surface area (Å²) in [6.07, 6.45) is 2.43. The summed E-state index contributed by atoms with van der Waals surface area (Å²) in [5.41, 5.74) is 6.34. The zero-order valence-corrected chi connectivity index (χ0v) is 15.0. The van der Waals surface area contributed by atoms with Crippen LogP contribution in [0.1, 0.15) is 18.4 Å². The Hall–Kier alpha value is -1.63. The van der Waals surface area contributed by atoms with E-state index in [0.29, 0.717) is 25.0 Å². The van der Waals surface area contributed by atoms with Crippen LogP contribution in [0.4, 0.5) is 0 Å². The molecule has 2 fully saturated rings. The summed E-state index contributed by atoms with van der Waals surface area (Å²) < 4.78 is 5.49. The summed E-state index contributed by atoms with van der Waals surface area (Å²) in [6.45, 7) is 2.27. The normalized spacial score (nSPS) is 23.0. The van der Waals surface area contributed by atoms with E-state index < -0.39 is 0 Å². The number of primary amides is 1. The molecule has 1 aliphatic heterocycles. The molecular weight excluding hydrogens is 342 g/mol. The molecule has 6 nitrogen and oxygen atoms in total. The van der Waals surface area contributed by atoms with Gasteiger partial charge in [0, 0.05) is 19.1 Å². The summed E-state index contributed by atoms with van der Waals surface area (Å²) in [4.78, 5) is 25.3. The van der Waals surface area contributed by atoms with Crippen LogP contribution in [0.2, 0.25) is 0 Å². The van der Waals surface area contributed by atoms with Gasteiger partial charge in [-0.25, -0.2) is 0 Å². The maximum absolute atomic E-state index is 12.2. The van der Waals surface area contributed by atoms with E-state index in [2.05, 4.69) is 5.32 Å². The van der Waals surface area contributed by atoms with Crippen LogP contribution in [0.25, 0.3) is 0 Å². The van der Waals surface area contributed by atoms with Gasteiger partial charge in [0.15, 0.2) is 0 Å². The summed E-state index contributed by atoms with van der Waals surface area (Å²) in [6, 6.07) is 9.88. The van der Waals surface area contributed by atoms with E-state index in [1.54, 1.807) is 0 Å². The molecule has 25 heavy (non-hydrogen) atoms. The highest BCUT2D eigenvalue weighted by Crippen LogP contribution is 2.41. The van der Waals surface area contributed by atoms with Gasteiger partial charge in [-0.15, -0.1) is 12.4 Å². The number of rotatable bonds is 8. The molecule has 3 rings (SSSR count). The largest absolute Gasteiger partial charge is 0.369 e. The number of nitrogens with two attached hydrogens (primary N) is 1. The number of nitrogens with one attached hydrogen (secondary N) is 1. The number of carbonyl (C=O) groups is 2. The standard InChI is InChI=1S/C18H25N3O3.ClH/c19-17(22)10-21-8-15(14-6-7-14)16(9-21)20-18(23)12-24-11-13-4-2-1-3-5-13;/h1-5,14-16H,6-12H2,(H2,19,22)(H,20,23);1H/t15-,16+;/m1./s1. The first-order valence-electron chi connectivity index (χ1n) is 8.53. The second kappa shape index (κ2) is 9.17. The minimum Gasteiger partial charge on any atom is -0.369 e. The van der Waals surface area contributed by atoms with Crippen molar-refractivity contribution in [2.75, 3.05) is 26.2 Å². The van der Waals surface area contributed by atoms with E-state index in [1.165, 1.54) is 12.8 Å². The van der Waals surface area contributed by atoms with Crippen molar-refractivity contribution in [3.63, 3.8) is 0 Å². The molecule has 1 saturated heterocycles. The highest BCUT2D eigenvalue weighted by molar-refractivity contribution is 5.85. The molecule has 0 spiro atoms. The lowest BCUT2D eigenvalue weighted by molar-refractivity contribution is -0.127. The third-order valence-electron chi connectivity index (χ3n) is 4.74. The maximum Gasteiger partial charge on any atom is 0.246 e. The van der Waals surface area contributed by atoms with E-state index in [0.717, 1.165) is 12.1 Å². The summed E-state index contributed by atoms with van der Waals surface area (Å²) >= 11 is 0. The van der Waals surface area contributed by atoms with Crippen molar-refractivity contribution >= 4 is 24.2 Å². The Morgan fingerprint density at radius 2 is 1.92 bits per heavy atom. The van der Waals surface area contributed by atoms with E-state index in [9.17, 15) is 9.59 Å². The van der Waals surface area contributed by atoms with Crippen LogP contribution in [-0.4, -0.2) is 49.0 Å². The average Bonchev–Trinajstić information content (AvgIpc) is 3.31. The maximum atomic E-state index is 12.2. The first-order chi connectivity index (χ1) is 11.6. The minimum absolute atomic E-state index is 0. The number of carbonyl (C=O) groups excluding carboxylic acids is 2. The summed E-state index contributed by atoms with van der Waals surface area (Å²) in [5.74, 6) is 0.672. The third-order valence-corrected chi connectivity index (χ3v) is 4.74. The Labute approximate surface area is 154 Å². The molecule has 3 N–H and O–H groups in total. The Morgan fingerprint density at radius 1 is 1.20 bits per heavy atom. The molecule has 1 saturated carbocycles. The number of ether oxygens (including phenoxy) is 1. The molecule has 1 aromatic rings. The van der Waals surface area contributed by atoms with Crippen molar-refractivity contribution in [3.05, 3.63) is 35.9 Å². The van der Waals surface area contributed by atoms with Crippen LogP contribution in [0.3, 0.4) is 0 Å². The molecule has 1 aromatic carbocycles. The predicted octanol–water partition coefficient (Wildman–Crippen LogP) is 0.937. The minimum atomic E-state index is -0.317. The zero-order valence-electron chi connectivity index (χ0n) is 14.2. The lowest BCUT2D eigenvalue weighted by atomic mass is 9.98. The van der Waals surface area contributed by atoms with E-state index in [4.69, 9.17) is 10.5 Å². The van der Waals surface area contributed by atoms with Crippen LogP contribution < -0.4 is 11.1 Å². The van der Waals surface area contributed by atoms with Gasteiger partial charge in [-0.1, -0.05) is 30.3 Å². The van der Waals surface area contributed by atoms with Crippen molar-refractivity contribution in [2.24, 2.45) is 17.6 Å². The predicted molar refractivity (Wildman–Crippen MR) is 97.1 cm³/mol. The van der Waals surface area contributed by atoms with Crippen LogP contribution in [0.5, 0.6) is 0 Å². The second-order valence-corrected chi connectivity index (χ2v) is 6.81. The van der Waals surface area contributed by atoms with Crippen LogP contribution in [-0.2, 0) is 20.9 Å². The van der Waals surface area contributed by atoms with Gasteiger partial charge in [0.05, 0.1) is 13.2 Å². The Kier molecular flexibility index (Phi) is 7.23. The van der Waals surface area contributed by atoms with Crippen molar-refractivity contribution < 1.29 is 14.3 Å². The lowest BCUT2D eigenvalue weighted by Crippen LogP contribution is -2.43. The number of likely N-dealkylation sites (tertiary alicyclic amines) is 1. The molecule has 0 aromatic heterocycles. The molecule has 0 bridgehead atoms.